The summed E-state index contributed by atoms with van der Waals surface area (Å²) in [7, 11) is 0. The van der Waals surface area contributed by atoms with Crippen LogP contribution < -0.4 is 5.43 Å². The van der Waals surface area contributed by atoms with E-state index in [1.165, 1.54) is 83.5 Å². The number of hydrazone groups is 1. The summed E-state index contributed by atoms with van der Waals surface area (Å²) in [6, 6.07) is 6.77. The van der Waals surface area contributed by atoms with Gasteiger partial charge in [-0.05, 0) is 24.1 Å². The molecule has 0 aromatic heterocycles. The van der Waals surface area contributed by atoms with E-state index < -0.39 is 0 Å². The van der Waals surface area contributed by atoms with E-state index in [9.17, 15) is 9.90 Å². The van der Waals surface area contributed by atoms with Crippen molar-refractivity contribution >= 4 is 12.1 Å². The zero-order valence-electron chi connectivity index (χ0n) is 18.5. The third-order valence-corrected chi connectivity index (χ3v) is 5.28. The molecule has 4 heteroatoms. The van der Waals surface area contributed by atoms with Gasteiger partial charge in [0.15, 0.2) is 0 Å². The fourth-order valence-electron chi connectivity index (χ4n) is 3.50. The van der Waals surface area contributed by atoms with Crippen molar-refractivity contribution in [2.75, 3.05) is 0 Å². The van der Waals surface area contributed by atoms with Crippen LogP contribution in [-0.4, -0.2) is 17.2 Å². The smallest absolute Gasteiger partial charge is 0.240 e. The van der Waals surface area contributed by atoms with Crippen LogP contribution in [0.15, 0.2) is 29.4 Å². The Morgan fingerprint density at radius 3 is 1.90 bits per heavy atom. The minimum atomic E-state index is -0.0453. The predicted molar refractivity (Wildman–Crippen MR) is 123 cm³/mol. The number of aromatic hydroxyl groups is 1. The summed E-state index contributed by atoms with van der Waals surface area (Å²) < 4.78 is 0. The van der Waals surface area contributed by atoms with E-state index in [0.717, 1.165) is 18.4 Å². The Hall–Kier alpha value is -1.84. The van der Waals surface area contributed by atoms with Crippen LogP contribution in [0.2, 0.25) is 0 Å². The van der Waals surface area contributed by atoms with Crippen molar-refractivity contribution in [2.24, 2.45) is 5.10 Å². The van der Waals surface area contributed by atoms with Crippen molar-refractivity contribution in [3.05, 3.63) is 29.8 Å². The number of rotatable bonds is 18. The molecule has 2 N–H and O–H groups in total. The maximum Gasteiger partial charge on any atom is 0.240 e. The van der Waals surface area contributed by atoms with Gasteiger partial charge in [0.2, 0.25) is 5.91 Å². The molecular formula is C25H42N2O2. The van der Waals surface area contributed by atoms with Crippen molar-refractivity contribution in [3.8, 4) is 5.75 Å². The van der Waals surface area contributed by atoms with Gasteiger partial charge in [-0.15, -0.1) is 0 Å². The molecule has 0 unspecified atom stereocenters. The summed E-state index contributed by atoms with van der Waals surface area (Å²) in [4.78, 5) is 11.8. The number of benzene rings is 1. The van der Waals surface area contributed by atoms with E-state index >= 15 is 0 Å². The van der Waals surface area contributed by atoms with Crippen LogP contribution in [0, 0.1) is 0 Å². The number of phenols is 1. The van der Waals surface area contributed by atoms with Crippen LogP contribution in [0.4, 0.5) is 0 Å². The van der Waals surface area contributed by atoms with Crippen molar-refractivity contribution in [1.82, 2.24) is 5.43 Å². The van der Waals surface area contributed by atoms with Gasteiger partial charge in [0.1, 0.15) is 5.75 Å². The van der Waals surface area contributed by atoms with Crippen LogP contribution in [0.3, 0.4) is 0 Å². The number of hydrogen-bond acceptors (Lipinski definition) is 3. The molecule has 0 saturated carbocycles. The second-order valence-corrected chi connectivity index (χ2v) is 8.09. The van der Waals surface area contributed by atoms with E-state index in [4.69, 9.17) is 0 Å². The number of carbonyl (C=O) groups is 1. The Bertz CT molecular complexity index is 558. The second kappa shape index (κ2) is 18.2. The normalized spacial score (nSPS) is 11.2. The second-order valence-electron chi connectivity index (χ2n) is 8.09. The fraction of sp³-hybridized carbons (Fsp3) is 0.680. The minimum absolute atomic E-state index is 0.0453. The first-order valence-electron chi connectivity index (χ1n) is 11.8. The lowest BCUT2D eigenvalue weighted by atomic mass is 10.0. The third kappa shape index (κ3) is 15.7. The predicted octanol–water partition coefficient (Wildman–Crippen LogP) is 7.10. The monoisotopic (exact) mass is 402 g/mol. The summed E-state index contributed by atoms with van der Waals surface area (Å²) in [5, 5.41) is 13.3. The molecule has 29 heavy (non-hydrogen) atoms. The van der Waals surface area contributed by atoms with E-state index in [0.29, 0.717) is 6.42 Å². The molecule has 0 aliphatic heterocycles. The molecule has 0 bridgehead atoms. The molecule has 0 spiro atoms. The maximum atomic E-state index is 11.8. The van der Waals surface area contributed by atoms with Gasteiger partial charge in [-0.3, -0.25) is 4.79 Å². The Balaban J connectivity index is 1.84. The first-order valence-corrected chi connectivity index (χ1v) is 11.8. The zero-order valence-corrected chi connectivity index (χ0v) is 18.5. The number of carbonyl (C=O) groups excluding carboxylic acids is 1. The number of nitrogens with one attached hydrogen (secondary N) is 1. The molecule has 0 fully saturated rings. The van der Waals surface area contributed by atoms with Gasteiger partial charge < -0.3 is 5.11 Å². The van der Waals surface area contributed by atoms with E-state index in [-0.39, 0.29) is 11.7 Å². The van der Waals surface area contributed by atoms with Crippen molar-refractivity contribution in [1.29, 1.82) is 0 Å². The lowest BCUT2D eigenvalue weighted by molar-refractivity contribution is -0.121. The van der Waals surface area contributed by atoms with Gasteiger partial charge in [0, 0.05) is 6.42 Å². The van der Waals surface area contributed by atoms with Crippen LogP contribution in [0.5, 0.6) is 5.75 Å². The number of nitrogens with zero attached hydrogens (tertiary/aromatic N) is 1. The number of amides is 1. The Labute approximate surface area is 178 Å². The molecule has 1 amide bonds. The molecule has 0 aliphatic rings. The molecule has 0 aliphatic carbocycles. The van der Waals surface area contributed by atoms with Crippen LogP contribution in [-0.2, 0) is 4.79 Å². The van der Waals surface area contributed by atoms with E-state index in [1.54, 1.807) is 24.4 Å². The summed E-state index contributed by atoms with van der Waals surface area (Å²) >= 11 is 0. The van der Waals surface area contributed by atoms with Crippen LogP contribution in [0.25, 0.3) is 0 Å². The van der Waals surface area contributed by atoms with Crippen LogP contribution in [0.1, 0.15) is 115 Å². The number of phenolic OH excluding ortho intramolecular Hbond substituents is 1. The molecule has 1 aromatic carbocycles. The van der Waals surface area contributed by atoms with Crippen molar-refractivity contribution in [2.45, 2.75) is 110 Å². The Morgan fingerprint density at radius 2 is 1.38 bits per heavy atom. The molecule has 0 radical (unpaired) electrons. The third-order valence-electron chi connectivity index (χ3n) is 5.28. The van der Waals surface area contributed by atoms with Gasteiger partial charge >= 0.3 is 0 Å². The van der Waals surface area contributed by atoms with Crippen molar-refractivity contribution < 1.29 is 9.90 Å². The Kier molecular flexibility index (Phi) is 15.8. The SMILES string of the molecule is CCCCCCCCCCCCCCCCCC(=O)NN=Cc1cccc(O)c1. The summed E-state index contributed by atoms with van der Waals surface area (Å²) in [5.74, 6) is 0.147. The van der Waals surface area contributed by atoms with Gasteiger partial charge in [-0.1, -0.05) is 109 Å². The molecular weight excluding hydrogens is 360 g/mol. The minimum Gasteiger partial charge on any atom is -0.508 e. The molecule has 1 aromatic rings. The molecule has 164 valence electrons. The standard InChI is InChI=1S/C25H42N2O2/c1-2-3-4-5-6-7-8-9-10-11-12-13-14-15-16-20-25(29)27-26-22-23-18-17-19-24(28)21-23/h17-19,21-22,28H,2-16,20H2,1H3,(H,27,29). The summed E-state index contributed by atoms with van der Waals surface area (Å²) in [6.07, 6.45) is 21.9. The molecule has 1 rings (SSSR count). The largest absolute Gasteiger partial charge is 0.508 e. The lowest BCUT2D eigenvalue weighted by Crippen LogP contribution is -2.16. The average molecular weight is 403 g/mol. The van der Waals surface area contributed by atoms with Gasteiger partial charge in [-0.2, -0.15) is 5.10 Å². The molecule has 0 atom stereocenters. The Morgan fingerprint density at radius 1 is 0.862 bits per heavy atom. The highest BCUT2D eigenvalue weighted by Crippen LogP contribution is 2.13. The zero-order chi connectivity index (χ0) is 21.0. The lowest BCUT2D eigenvalue weighted by Gasteiger charge is -2.03. The van der Waals surface area contributed by atoms with Crippen molar-refractivity contribution in [3.63, 3.8) is 0 Å². The maximum absolute atomic E-state index is 11.8. The highest BCUT2D eigenvalue weighted by atomic mass is 16.3. The highest BCUT2D eigenvalue weighted by molar-refractivity contribution is 5.82. The molecule has 4 nitrogen and oxygen atoms in total. The number of hydrogen-bond donors (Lipinski definition) is 2. The average Bonchev–Trinajstić information content (AvgIpc) is 2.71. The van der Waals surface area contributed by atoms with Crippen LogP contribution >= 0.6 is 0 Å². The van der Waals surface area contributed by atoms with Gasteiger partial charge in [0.05, 0.1) is 6.21 Å². The quantitative estimate of drug-likeness (QED) is 0.156. The van der Waals surface area contributed by atoms with Gasteiger partial charge in [0.25, 0.3) is 0 Å². The first kappa shape index (κ1) is 25.2. The highest BCUT2D eigenvalue weighted by Gasteiger charge is 2.00. The van der Waals surface area contributed by atoms with E-state index in [1.807, 2.05) is 6.07 Å². The summed E-state index contributed by atoms with van der Waals surface area (Å²) in [6.45, 7) is 2.27. The van der Waals surface area contributed by atoms with Gasteiger partial charge in [-0.25, -0.2) is 5.43 Å². The molecule has 0 heterocycles. The molecule has 0 saturated heterocycles. The van der Waals surface area contributed by atoms with E-state index in [2.05, 4.69) is 17.5 Å². The first-order chi connectivity index (χ1) is 14.2. The summed E-state index contributed by atoms with van der Waals surface area (Å²) in [5.41, 5.74) is 3.31. The fourth-order valence-corrected chi connectivity index (χ4v) is 3.50. The topological polar surface area (TPSA) is 61.7 Å². The number of unbranched alkanes of at least 4 members (excludes halogenated alkanes) is 14.